The molecule has 0 bridgehead atoms. The van der Waals surface area contributed by atoms with Gasteiger partial charge in [0, 0.05) is 11.8 Å². The van der Waals surface area contributed by atoms with Crippen LogP contribution in [0.1, 0.15) is 46.0 Å². The normalized spacial score (nSPS) is 27.8. The van der Waals surface area contributed by atoms with E-state index in [-0.39, 0.29) is 37.6 Å². The van der Waals surface area contributed by atoms with Crippen LogP contribution in [0.25, 0.3) is 0 Å². The lowest BCUT2D eigenvalue weighted by molar-refractivity contribution is -0.149. The van der Waals surface area contributed by atoms with Crippen LogP contribution in [0, 0.1) is 17.3 Å². The van der Waals surface area contributed by atoms with Gasteiger partial charge < -0.3 is 25.2 Å². The van der Waals surface area contributed by atoms with Crippen molar-refractivity contribution in [1.29, 1.82) is 0 Å². The third kappa shape index (κ3) is 6.51. The zero-order valence-corrected chi connectivity index (χ0v) is 14.7. The molecule has 0 heterocycles. The van der Waals surface area contributed by atoms with Gasteiger partial charge in [0.05, 0.1) is 25.4 Å². The molecule has 4 atom stereocenters. The predicted octanol–water partition coefficient (Wildman–Crippen LogP) is 1.01. The summed E-state index contributed by atoms with van der Waals surface area (Å²) >= 11 is 0. The summed E-state index contributed by atoms with van der Waals surface area (Å²) in [5.41, 5.74) is -0.793. The lowest BCUT2D eigenvalue weighted by Crippen LogP contribution is -2.32. The van der Waals surface area contributed by atoms with Gasteiger partial charge in [0.1, 0.15) is 6.61 Å². The van der Waals surface area contributed by atoms with Crippen molar-refractivity contribution in [2.24, 2.45) is 17.3 Å². The molecule has 0 unspecified atom stereocenters. The first kappa shape index (κ1) is 21.1. The van der Waals surface area contributed by atoms with Gasteiger partial charge in [-0.3, -0.25) is 4.79 Å². The molecule has 1 aliphatic carbocycles. The van der Waals surface area contributed by atoms with Gasteiger partial charge in [-0.05, 0) is 37.5 Å². The van der Waals surface area contributed by atoms with Crippen molar-refractivity contribution in [2.75, 3.05) is 19.8 Å². The Morgan fingerprint density at radius 3 is 2.42 bits per heavy atom. The zero-order valence-electron chi connectivity index (χ0n) is 14.7. The molecule has 1 rings (SSSR count). The maximum Gasteiger partial charge on any atom is 0.305 e. The van der Waals surface area contributed by atoms with Gasteiger partial charge in [-0.15, -0.1) is 0 Å². The second-order valence-corrected chi connectivity index (χ2v) is 7.28. The van der Waals surface area contributed by atoms with E-state index in [2.05, 4.69) is 0 Å². The Balaban J connectivity index is 2.16. The molecule has 0 spiro atoms. The molecule has 0 aromatic rings. The fraction of sp³-hybridized carbons (Fsp3) is 0.833. The summed E-state index contributed by atoms with van der Waals surface area (Å²) in [4.78, 5) is 11.6. The predicted molar refractivity (Wildman–Crippen MR) is 90.1 cm³/mol. The van der Waals surface area contributed by atoms with Crippen LogP contribution in [0.4, 0.5) is 0 Å². The molecule has 140 valence electrons. The van der Waals surface area contributed by atoms with Crippen molar-refractivity contribution in [3.05, 3.63) is 12.2 Å². The molecule has 0 aliphatic heterocycles. The first-order valence-corrected chi connectivity index (χ1v) is 8.71. The van der Waals surface area contributed by atoms with Gasteiger partial charge in [0.25, 0.3) is 0 Å². The topological polar surface area (TPSA) is 107 Å². The summed E-state index contributed by atoms with van der Waals surface area (Å²) in [5, 5.41) is 37.8. The van der Waals surface area contributed by atoms with Crippen molar-refractivity contribution < 1.29 is 30.0 Å². The van der Waals surface area contributed by atoms with Crippen LogP contribution in [-0.4, -0.2) is 58.4 Å². The number of esters is 1. The van der Waals surface area contributed by atoms with Gasteiger partial charge in [0.15, 0.2) is 0 Å². The van der Waals surface area contributed by atoms with Crippen LogP contribution in [0.2, 0.25) is 0 Å². The van der Waals surface area contributed by atoms with Crippen molar-refractivity contribution in [2.45, 2.75) is 58.2 Å². The summed E-state index contributed by atoms with van der Waals surface area (Å²) in [6.45, 7) is 3.15. The smallest absolute Gasteiger partial charge is 0.305 e. The number of hydrogen-bond donors (Lipinski definition) is 4. The second kappa shape index (κ2) is 10.1. The summed E-state index contributed by atoms with van der Waals surface area (Å²) in [5.74, 6) is -0.137. The van der Waals surface area contributed by atoms with Gasteiger partial charge in [-0.1, -0.05) is 26.0 Å². The van der Waals surface area contributed by atoms with Gasteiger partial charge in [-0.25, -0.2) is 0 Å². The Bertz CT molecular complexity index is 404. The van der Waals surface area contributed by atoms with Gasteiger partial charge >= 0.3 is 5.97 Å². The molecule has 24 heavy (non-hydrogen) atoms. The highest BCUT2D eigenvalue weighted by atomic mass is 16.5. The van der Waals surface area contributed by atoms with Gasteiger partial charge in [-0.2, -0.15) is 0 Å². The highest BCUT2D eigenvalue weighted by Crippen LogP contribution is 2.34. The van der Waals surface area contributed by atoms with Gasteiger partial charge in [0.2, 0.25) is 0 Å². The summed E-state index contributed by atoms with van der Waals surface area (Å²) in [7, 11) is 0. The monoisotopic (exact) mass is 344 g/mol. The molecule has 4 N–H and O–H groups in total. The highest BCUT2D eigenvalue weighted by Gasteiger charge is 2.37. The number of ether oxygens (including phenoxy) is 1. The lowest BCUT2D eigenvalue weighted by Gasteiger charge is -2.23. The number of rotatable bonds is 10. The van der Waals surface area contributed by atoms with Crippen molar-refractivity contribution >= 4 is 5.97 Å². The minimum Gasteiger partial charge on any atom is -0.465 e. The van der Waals surface area contributed by atoms with E-state index in [0.29, 0.717) is 19.3 Å². The largest absolute Gasteiger partial charge is 0.465 e. The van der Waals surface area contributed by atoms with Crippen LogP contribution in [0.3, 0.4) is 0 Å². The van der Waals surface area contributed by atoms with E-state index in [1.54, 1.807) is 6.92 Å². The van der Waals surface area contributed by atoms with Crippen molar-refractivity contribution in [3.8, 4) is 0 Å². The van der Waals surface area contributed by atoms with E-state index in [1.165, 1.54) is 0 Å². The molecule has 1 fully saturated rings. The lowest BCUT2D eigenvalue weighted by atomic mass is 9.92. The summed E-state index contributed by atoms with van der Waals surface area (Å²) in [6.07, 6.45) is 6.01. The van der Waals surface area contributed by atoms with E-state index in [0.717, 1.165) is 12.8 Å². The number of unbranched alkanes of at least 4 members (excludes halogenated alkanes) is 1. The number of aliphatic hydroxyl groups is 4. The minimum absolute atomic E-state index is 0.00839. The van der Waals surface area contributed by atoms with E-state index in [4.69, 9.17) is 14.9 Å². The summed E-state index contributed by atoms with van der Waals surface area (Å²) in [6, 6.07) is 0. The molecule has 0 aromatic heterocycles. The first-order chi connectivity index (χ1) is 11.3. The average molecular weight is 344 g/mol. The Morgan fingerprint density at radius 1 is 1.21 bits per heavy atom. The van der Waals surface area contributed by atoms with E-state index in [1.807, 2.05) is 19.1 Å². The molecular weight excluding hydrogens is 312 g/mol. The molecule has 6 nitrogen and oxygen atoms in total. The zero-order chi connectivity index (χ0) is 18.2. The number of aliphatic hydroxyl groups excluding tert-OH is 4. The molecule has 0 aromatic carbocycles. The maximum absolute atomic E-state index is 11.6. The SMILES string of the molecule is C[C@@H]1[C@@H](C/C=C\CCCC(=O)OCC(C)(CO)CO)[C@@H](O)C[C@H]1O. The fourth-order valence-corrected chi connectivity index (χ4v) is 2.85. The Kier molecular flexibility index (Phi) is 8.91. The molecule has 1 aliphatic rings. The minimum atomic E-state index is -0.793. The number of hydrogen-bond acceptors (Lipinski definition) is 6. The quantitative estimate of drug-likeness (QED) is 0.268. The van der Waals surface area contributed by atoms with Crippen LogP contribution < -0.4 is 0 Å². The molecule has 6 heteroatoms. The fourth-order valence-electron chi connectivity index (χ4n) is 2.85. The standard InChI is InChI=1S/C18H32O6/c1-13-14(16(22)9-15(13)21)7-5-3-4-6-8-17(23)24-12-18(2,10-19)11-20/h3,5,13-16,19-22H,4,6-12H2,1-2H3/b5-3-/t13-,14-,15-,16+/m1/s1. The molecule has 1 saturated carbocycles. The van der Waals surface area contributed by atoms with E-state index in [9.17, 15) is 15.0 Å². The first-order valence-electron chi connectivity index (χ1n) is 8.71. The molecule has 0 amide bonds. The van der Waals surface area contributed by atoms with Crippen LogP contribution in [-0.2, 0) is 9.53 Å². The van der Waals surface area contributed by atoms with Crippen LogP contribution in [0.15, 0.2) is 12.2 Å². The van der Waals surface area contributed by atoms with E-state index < -0.39 is 17.6 Å². The molecule has 0 saturated heterocycles. The van der Waals surface area contributed by atoms with Crippen molar-refractivity contribution in [3.63, 3.8) is 0 Å². The number of allylic oxidation sites excluding steroid dienone is 2. The number of carbonyl (C=O) groups is 1. The molecular formula is C18H32O6. The van der Waals surface area contributed by atoms with E-state index >= 15 is 0 Å². The maximum atomic E-state index is 11.6. The number of carbonyl (C=O) groups excluding carboxylic acids is 1. The third-order valence-corrected chi connectivity index (χ3v) is 4.93. The third-order valence-electron chi connectivity index (χ3n) is 4.93. The Labute approximate surface area is 144 Å². The van der Waals surface area contributed by atoms with Crippen LogP contribution >= 0.6 is 0 Å². The van der Waals surface area contributed by atoms with Crippen molar-refractivity contribution in [1.82, 2.24) is 0 Å². The highest BCUT2D eigenvalue weighted by molar-refractivity contribution is 5.69. The van der Waals surface area contributed by atoms with Crippen LogP contribution in [0.5, 0.6) is 0 Å². The molecule has 0 radical (unpaired) electrons. The Hall–Kier alpha value is -0.950. The summed E-state index contributed by atoms with van der Waals surface area (Å²) < 4.78 is 5.07. The Morgan fingerprint density at radius 2 is 1.88 bits per heavy atom. The second-order valence-electron chi connectivity index (χ2n) is 7.28. The average Bonchev–Trinajstić information content (AvgIpc) is 2.81.